The highest BCUT2D eigenvalue weighted by atomic mass is 19.1. The Morgan fingerprint density at radius 2 is 2.07 bits per heavy atom. The van der Waals surface area contributed by atoms with E-state index in [4.69, 9.17) is 9.47 Å². The first-order chi connectivity index (χ1) is 14.3. The first-order valence-corrected chi connectivity index (χ1v) is 10.3. The summed E-state index contributed by atoms with van der Waals surface area (Å²) in [6.07, 6.45) is 7.13. The van der Waals surface area contributed by atoms with Crippen LogP contribution in [-0.2, 0) is 10.3 Å². The molecule has 0 aliphatic heterocycles. The number of aromatic nitrogens is 4. The second kappa shape index (κ2) is 9.39. The van der Waals surface area contributed by atoms with Crippen LogP contribution in [0.15, 0.2) is 12.4 Å². The Kier molecular flexibility index (Phi) is 6.87. The number of nitriles is 1. The van der Waals surface area contributed by atoms with Gasteiger partial charge in [0.1, 0.15) is 5.54 Å². The average Bonchev–Trinajstić information content (AvgIpc) is 3.11. The number of rotatable bonds is 8. The van der Waals surface area contributed by atoms with Crippen molar-refractivity contribution in [2.24, 2.45) is 5.92 Å². The molecular formula is C21H29FN6O2. The number of nitrogens with one attached hydrogen (secondary N) is 1. The molecule has 1 aliphatic rings. The number of anilines is 2. The van der Waals surface area contributed by atoms with Crippen molar-refractivity contribution in [3.05, 3.63) is 23.9 Å². The third kappa shape index (κ3) is 5.25. The van der Waals surface area contributed by atoms with E-state index in [1.165, 1.54) is 0 Å². The maximum atomic E-state index is 14.2. The van der Waals surface area contributed by atoms with Gasteiger partial charge < -0.3 is 14.8 Å². The molecule has 0 unspecified atom stereocenters. The molecule has 0 aromatic carbocycles. The van der Waals surface area contributed by atoms with E-state index >= 15 is 0 Å². The highest BCUT2D eigenvalue weighted by molar-refractivity contribution is 5.55. The van der Waals surface area contributed by atoms with Crippen molar-refractivity contribution in [2.45, 2.75) is 65.0 Å². The van der Waals surface area contributed by atoms with Gasteiger partial charge in [0.25, 0.3) is 5.88 Å². The summed E-state index contributed by atoms with van der Waals surface area (Å²) >= 11 is 0. The van der Waals surface area contributed by atoms with Crippen molar-refractivity contribution in [3.8, 4) is 11.9 Å². The first kappa shape index (κ1) is 22.0. The zero-order valence-electron chi connectivity index (χ0n) is 18.0. The molecule has 2 heterocycles. The molecule has 1 saturated carbocycles. The Hall–Kier alpha value is -2.73. The van der Waals surface area contributed by atoms with E-state index in [1.54, 1.807) is 24.7 Å². The van der Waals surface area contributed by atoms with Crippen LogP contribution >= 0.6 is 0 Å². The molecule has 8 nitrogen and oxygen atoms in total. The van der Waals surface area contributed by atoms with Crippen LogP contribution in [-0.4, -0.2) is 39.1 Å². The molecular weight excluding hydrogens is 387 g/mol. The standard InChI is InChI=1S/C21H29FN6O2/c1-5-29-16-8-6-15(7-9-16)12-30-19-17(22)10-24-20(26-19)25-18-11-28(27-14(18)2)21(3,4)13-23/h10-11,15-16H,5-9,12H2,1-4H3,(H,24,25,26). The number of nitrogens with zero attached hydrogens (tertiary/aromatic N) is 5. The number of ether oxygens (including phenoxy) is 2. The molecule has 2 aromatic heterocycles. The third-order valence-corrected chi connectivity index (χ3v) is 5.36. The molecule has 1 N–H and O–H groups in total. The van der Waals surface area contributed by atoms with E-state index < -0.39 is 11.4 Å². The zero-order valence-corrected chi connectivity index (χ0v) is 18.0. The van der Waals surface area contributed by atoms with Gasteiger partial charge in [-0.25, -0.2) is 4.98 Å². The van der Waals surface area contributed by atoms with Crippen LogP contribution in [0.5, 0.6) is 5.88 Å². The summed E-state index contributed by atoms with van der Waals surface area (Å²) in [5.74, 6) is -0.0894. The van der Waals surface area contributed by atoms with Gasteiger partial charge in [-0.15, -0.1) is 0 Å². The fourth-order valence-electron chi connectivity index (χ4n) is 3.45. The van der Waals surface area contributed by atoms with Crippen LogP contribution < -0.4 is 10.1 Å². The summed E-state index contributed by atoms with van der Waals surface area (Å²) in [5, 5.41) is 16.7. The summed E-state index contributed by atoms with van der Waals surface area (Å²) < 4.78 is 27.1. The summed E-state index contributed by atoms with van der Waals surface area (Å²) in [6.45, 7) is 8.51. The minimum Gasteiger partial charge on any atom is -0.475 e. The molecule has 0 amide bonds. The predicted octanol–water partition coefficient (Wildman–Crippen LogP) is 4.10. The van der Waals surface area contributed by atoms with E-state index in [0.29, 0.717) is 30.0 Å². The molecule has 162 valence electrons. The topological polar surface area (TPSA) is 97.9 Å². The Balaban J connectivity index is 1.63. The molecule has 1 aliphatic carbocycles. The molecule has 2 aromatic rings. The van der Waals surface area contributed by atoms with Crippen molar-refractivity contribution in [3.63, 3.8) is 0 Å². The van der Waals surface area contributed by atoms with Crippen LogP contribution in [0.3, 0.4) is 0 Å². The lowest BCUT2D eigenvalue weighted by molar-refractivity contribution is 0.0194. The van der Waals surface area contributed by atoms with Gasteiger partial charge in [-0.1, -0.05) is 0 Å². The lowest BCUT2D eigenvalue weighted by Gasteiger charge is -2.28. The van der Waals surface area contributed by atoms with Gasteiger partial charge >= 0.3 is 0 Å². The largest absolute Gasteiger partial charge is 0.475 e. The molecule has 3 rings (SSSR count). The number of halogens is 1. The minimum atomic E-state index is -0.788. The van der Waals surface area contributed by atoms with Gasteiger partial charge in [-0.3, -0.25) is 4.68 Å². The quantitative estimate of drug-likeness (QED) is 0.692. The zero-order chi connectivity index (χ0) is 21.7. The van der Waals surface area contributed by atoms with Crippen LogP contribution in [0.4, 0.5) is 16.0 Å². The van der Waals surface area contributed by atoms with Crippen molar-refractivity contribution in [1.82, 2.24) is 19.7 Å². The number of aryl methyl sites for hydroxylation is 1. The lowest BCUT2D eigenvalue weighted by Crippen LogP contribution is -2.25. The van der Waals surface area contributed by atoms with Crippen molar-refractivity contribution >= 4 is 11.6 Å². The fraction of sp³-hybridized carbons (Fsp3) is 0.619. The SMILES string of the molecule is CCOC1CCC(COc2nc(Nc3cn(C(C)(C)C#N)nc3C)ncc2F)CC1. The van der Waals surface area contributed by atoms with Gasteiger partial charge in [0.15, 0.2) is 0 Å². The van der Waals surface area contributed by atoms with Crippen LogP contribution in [0.25, 0.3) is 0 Å². The minimum absolute atomic E-state index is 0.0677. The fourth-order valence-corrected chi connectivity index (χ4v) is 3.45. The van der Waals surface area contributed by atoms with E-state index in [-0.39, 0.29) is 11.8 Å². The highest BCUT2D eigenvalue weighted by Gasteiger charge is 2.24. The molecule has 0 bridgehead atoms. The Morgan fingerprint density at radius 3 is 2.73 bits per heavy atom. The van der Waals surface area contributed by atoms with Crippen LogP contribution in [0.2, 0.25) is 0 Å². The molecule has 0 radical (unpaired) electrons. The summed E-state index contributed by atoms with van der Waals surface area (Å²) in [4.78, 5) is 8.18. The Bertz CT molecular complexity index is 899. The normalized spacial score (nSPS) is 19.3. The van der Waals surface area contributed by atoms with Crippen molar-refractivity contribution < 1.29 is 13.9 Å². The summed E-state index contributed by atoms with van der Waals surface area (Å²) in [5.41, 5.74) is 0.536. The van der Waals surface area contributed by atoms with E-state index in [9.17, 15) is 9.65 Å². The van der Waals surface area contributed by atoms with E-state index in [2.05, 4.69) is 26.5 Å². The summed E-state index contributed by atoms with van der Waals surface area (Å²) in [6, 6.07) is 2.20. The monoisotopic (exact) mass is 416 g/mol. The van der Waals surface area contributed by atoms with Crippen LogP contribution in [0.1, 0.15) is 52.1 Å². The maximum Gasteiger partial charge on any atom is 0.255 e. The van der Waals surface area contributed by atoms with Gasteiger partial charge in [-0.05, 0) is 59.3 Å². The molecule has 1 fully saturated rings. The first-order valence-electron chi connectivity index (χ1n) is 10.3. The number of hydrogen-bond donors (Lipinski definition) is 1. The van der Waals surface area contributed by atoms with E-state index in [0.717, 1.165) is 38.5 Å². The Morgan fingerprint density at radius 1 is 1.33 bits per heavy atom. The second-order valence-corrected chi connectivity index (χ2v) is 8.12. The summed E-state index contributed by atoms with van der Waals surface area (Å²) in [7, 11) is 0. The number of hydrogen-bond acceptors (Lipinski definition) is 7. The van der Waals surface area contributed by atoms with E-state index in [1.807, 2.05) is 13.8 Å². The molecule has 30 heavy (non-hydrogen) atoms. The second-order valence-electron chi connectivity index (χ2n) is 8.12. The lowest BCUT2D eigenvalue weighted by atomic mass is 9.88. The third-order valence-electron chi connectivity index (χ3n) is 5.36. The van der Waals surface area contributed by atoms with Gasteiger partial charge in [0.2, 0.25) is 11.8 Å². The predicted molar refractivity (Wildman–Crippen MR) is 110 cm³/mol. The Labute approximate surface area is 176 Å². The average molecular weight is 417 g/mol. The molecule has 9 heteroatoms. The van der Waals surface area contributed by atoms with Crippen molar-refractivity contribution in [2.75, 3.05) is 18.5 Å². The maximum absolute atomic E-state index is 14.2. The van der Waals surface area contributed by atoms with Crippen molar-refractivity contribution in [1.29, 1.82) is 5.26 Å². The van der Waals surface area contributed by atoms with Gasteiger partial charge in [0.05, 0.1) is 42.6 Å². The molecule has 0 spiro atoms. The molecule has 0 saturated heterocycles. The van der Waals surface area contributed by atoms with Crippen LogP contribution in [0, 0.1) is 30.0 Å². The van der Waals surface area contributed by atoms with Gasteiger partial charge in [-0.2, -0.15) is 19.7 Å². The highest BCUT2D eigenvalue weighted by Crippen LogP contribution is 2.28. The van der Waals surface area contributed by atoms with Gasteiger partial charge in [0, 0.05) is 6.61 Å². The smallest absolute Gasteiger partial charge is 0.255 e. The molecule has 0 atom stereocenters.